The number of thioether (sulfide) groups is 1. The molecule has 21 heavy (non-hydrogen) atoms. The lowest BCUT2D eigenvalue weighted by Crippen LogP contribution is -2.49. The van der Waals surface area contributed by atoms with E-state index in [-0.39, 0.29) is 17.2 Å². The second-order valence-corrected chi connectivity index (χ2v) is 6.28. The van der Waals surface area contributed by atoms with Crippen LogP contribution >= 0.6 is 11.8 Å². The van der Waals surface area contributed by atoms with Crippen molar-refractivity contribution in [2.75, 3.05) is 12.3 Å². The third-order valence-electron chi connectivity index (χ3n) is 3.45. The molecule has 0 aliphatic carbocycles. The van der Waals surface area contributed by atoms with E-state index >= 15 is 0 Å². The summed E-state index contributed by atoms with van der Waals surface area (Å²) in [5.74, 6) is 0.682. The van der Waals surface area contributed by atoms with Gasteiger partial charge in [0.05, 0.1) is 11.6 Å². The molecule has 2 heterocycles. The number of nitrogens with zero attached hydrogens (tertiary/aromatic N) is 1. The summed E-state index contributed by atoms with van der Waals surface area (Å²) in [6, 6.07) is 2.93. The Kier molecular flexibility index (Phi) is 5.73. The van der Waals surface area contributed by atoms with Gasteiger partial charge in [0, 0.05) is 12.3 Å². The van der Waals surface area contributed by atoms with Crippen molar-refractivity contribution >= 4 is 23.6 Å². The van der Waals surface area contributed by atoms with E-state index in [2.05, 4.69) is 12.2 Å². The molecule has 2 atom stereocenters. The molecule has 0 aromatic carbocycles. The summed E-state index contributed by atoms with van der Waals surface area (Å²) in [5, 5.41) is 2.94. The van der Waals surface area contributed by atoms with Gasteiger partial charge in [0.1, 0.15) is 6.04 Å². The van der Waals surface area contributed by atoms with Crippen molar-refractivity contribution in [2.24, 2.45) is 0 Å². The van der Waals surface area contributed by atoms with Gasteiger partial charge in [0.15, 0.2) is 5.76 Å². The van der Waals surface area contributed by atoms with Gasteiger partial charge in [-0.2, -0.15) is 0 Å². The third-order valence-corrected chi connectivity index (χ3v) is 4.80. The number of rotatable bonds is 6. The summed E-state index contributed by atoms with van der Waals surface area (Å²) >= 11 is 1.67. The monoisotopic (exact) mass is 310 g/mol. The minimum Gasteiger partial charge on any atom is -0.459 e. The molecule has 5 nitrogen and oxygen atoms in total. The van der Waals surface area contributed by atoms with E-state index in [9.17, 15) is 9.59 Å². The molecule has 2 amide bonds. The first kappa shape index (κ1) is 15.9. The molecule has 6 heteroatoms. The van der Waals surface area contributed by atoms with Crippen LogP contribution in [0, 0.1) is 0 Å². The largest absolute Gasteiger partial charge is 0.459 e. The quantitative estimate of drug-likeness (QED) is 0.877. The van der Waals surface area contributed by atoms with Crippen molar-refractivity contribution in [3.05, 3.63) is 24.2 Å². The maximum absolute atomic E-state index is 12.6. The van der Waals surface area contributed by atoms with E-state index in [1.54, 1.807) is 28.8 Å². The normalized spacial score (nSPS) is 21.5. The SMILES string of the molecule is CCCNC(=O)C1CSC(CCC)N1C(=O)c1ccco1. The topological polar surface area (TPSA) is 62.6 Å². The predicted molar refractivity (Wildman–Crippen MR) is 83.1 cm³/mol. The zero-order valence-corrected chi connectivity index (χ0v) is 13.3. The van der Waals surface area contributed by atoms with Crippen LogP contribution in [0.15, 0.2) is 22.8 Å². The maximum Gasteiger partial charge on any atom is 0.291 e. The van der Waals surface area contributed by atoms with Crippen molar-refractivity contribution in [3.63, 3.8) is 0 Å². The Labute approximate surface area is 129 Å². The number of carbonyl (C=O) groups is 2. The van der Waals surface area contributed by atoms with E-state index in [1.807, 2.05) is 6.92 Å². The number of nitrogens with one attached hydrogen (secondary N) is 1. The Balaban J connectivity index is 2.16. The molecule has 1 aromatic rings. The van der Waals surface area contributed by atoms with E-state index in [4.69, 9.17) is 4.42 Å². The molecular formula is C15H22N2O3S. The third kappa shape index (κ3) is 3.61. The van der Waals surface area contributed by atoms with Gasteiger partial charge in [0.2, 0.25) is 5.91 Å². The molecule has 2 unspecified atom stereocenters. The molecule has 2 rings (SSSR count). The van der Waals surface area contributed by atoms with Crippen LogP contribution in [0.5, 0.6) is 0 Å². The minimum atomic E-state index is -0.407. The van der Waals surface area contributed by atoms with Crippen LogP contribution in [0.1, 0.15) is 43.7 Å². The van der Waals surface area contributed by atoms with Gasteiger partial charge in [-0.15, -0.1) is 11.8 Å². The Bertz CT molecular complexity index is 475. The molecule has 1 aromatic heterocycles. The van der Waals surface area contributed by atoms with Crippen LogP contribution in [0.2, 0.25) is 0 Å². The number of hydrogen-bond donors (Lipinski definition) is 1. The van der Waals surface area contributed by atoms with Crippen LogP contribution in [0.4, 0.5) is 0 Å². The zero-order valence-electron chi connectivity index (χ0n) is 12.5. The van der Waals surface area contributed by atoms with Crippen molar-refractivity contribution in [1.82, 2.24) is 10.2 Å². The summed E-state index contributed by atoms with van der Waals surface area (Å²) in [4.78, 5) is 26.6. The highest BCUT2D eigenvalue weighted by Gasteiger charge is 2.41. The van der Waals surface area contributed by atoms with E-state index in [0.717, 1.165) is 19.3 Å². The molecule has 116 valence electrons. The molecule has 1 fully saturated rings. The average molecular weight is 310 g/mol. The first-order valence-electron chi connectivity index (χ1n) is 7.44. The molecule has 1 saturated heterocycles. The Morgan fingerprint density at radius 2 is 2.24 bits per heavy atom. The number of amides is 2. The van der Waals surface area contributed by atoms with E-state index < -0.39 is 6.04 Å². The van der Waals surface area contributed by atoms with Gasteiger partial charge in [-0.25, -0.2) is 0 Å². The molecular weight excluding hydrogens is 288 g/mol. The van der Waals surface area contributed by atoms with E-state index in [1.165, 1.54) is 6.26 Å². The van der Waals surface area contributed by atoms with Gasteiger partial charge >= 0.3 is 0 Å². The highest BCUT2D eigenvalue weighted by atomic mass is 32.2. The fraction of sp³-hybridized carbons (Fsp3) is 0.600. The fourth-order valence-electron chi connectivity index (χ4n) is 2.40. The summed E-state index contributed by atoms with van der Waals surface area (Å²) in [6.45, 7) is 4.73. The van der Waals surface area contributed by atoms with Crippen molar-refractivity contribution in [2.45, 2.75) is 44.5 Å². The molecule has 0 bridgehead atoms. The van der Waals surface area contributed by atoms with Crippen LogP contribution in [0.25, 0.3) is 0 Å². The number of carbonyl (C=O) groups excluding carboxylic acids is 2. The Morgan fingerprint density at radius 3 is 2.86 bits per heavy atom. The standard InChI is InChI=1S/C15H22N2O3S/c1-3-6-13-17(15(19)12-7-5-9-20-12)11(10-21-13)14(18)16-8-4-2/h5,7,9,11,13H,3-4,6,8,10H2,1-2H3,(H,16,18). The Hall–Kier alpha value is -1.43. The second kappa shape index (κ2) is 7.54. The summed E-state index contributed by atoms with van der Waals surface area (Å²) in [6.07, 6.45) is 4.23. The van der Waals surface area contributed by atoms with Crippen LogP contribution < -0.4 is 5.32 Å². The lowest BCUT2D eigenvalue weighted by atomic mass is 10.2. The minimum absolute atomic E-state index is 0.0463. The summed E-state index contributed by atoms with van der Waals surface area (Å²) in [5.41, 5.74) is 0. The average Bonchev–Trinajstić information content (AvgIpc) is 3.14. The first-order chi connectivity index (χ1) is 10.2. The van der Waals surface area contributed by atoms with Crippen molar-refractivity contribution in [3.8, 4) is 0 Å². The highest BCUT2D eigenvalue weighted by molar-refractivity contribution is 8.00. The number of furan rings is 1. The van der Waals surface area contributed by atoms with Crippen LogP contribution in [0.3, 0.4) is 0 Å². The highest BCUT2D eigenvalue weighted by Crippen LogP contribution is 2.33. The van der Waals surface area contributed by atoms with Gasteiger partial charge in [-0.1, -0.05) is 20.3 Å². The molecule has 0 saturated carbocycles. The van der Waals surface area contributed by atoms with Gasteiger partial charge in [0.25, 0.3) is 5.91 Å². The molecule has 1 aliphatic heterocycles. The second-order valence-electron chi connectivity index (χ2n) is 5.07. The Morgan fingerprint density at radius 1 is 1.43 bits per heavy atom. The molecule has 1 aliphatic rings. The molecule has 0 radical (unpaired) electrons. The fourth-order valence-corrected chi connectivity index (χ4v) is 3.92. The van der Waals surface area contributed by atoms with Gasteiger partial charge < -0.3 is 14.6 Å². The summed E-state index contributed by atoms with van der Waals surface area (Å²) in [7, 11) is 0. The van der Waals surface area contributed by atoms with Crippen molar-refractivity contribution < 1.29 is 14.0 Å². The number of hydrogen-bond acceptors (Lipinski definition) is 4. The van der Waals surface area contributed by atoms with Crippen LogP contribution in [-0.4, -0.2) is 40.4 Å². The smallest absolute Gasteiger partial charge is 0.291 e. The molecule has 0 spiro atoms. The summed E-state index contributed by atoms with van der Waals surface area (Å²) < 4.78 is 5.21. The molecule has 1 N–H and O–H groups in total. The zero-order chi connectivity index (χ0) is 15.2. The van der Waals surface area contributed by atoms with Gasteiger partial charge in [-0.05, 0) is 25.0 Å². The van der Waals surface area contributed by atoms with Gasteiger partial charge in [-0.3, -0.25) is 9.59 Å². The lowest BCUT2D eigenvalue weighted by molar-refractivity contribution is -0.124. The van der Waals surface area contributed by atoms with E-state index in [0.29, 0.717) is 18.1 Å². The maximum atomic E-state index is 12.6. The predicted octanol–water partition coefficient (Wildman–Crippen LogP) is 2.49. The first-order valence-corrected chi connectivity index (χ1v) is 8.49. The van der Waals surface area contributed by atoms with Crippen LogP contribution in [-0.2, 0) is 4.79 Å². The van der Waals surface area contributed by atoms with Crippen molar-refractivity contribution in [1.29, 1.82) is 0 Å². The lowest BCUT2D eigenvalue weighted by Gasteiger charge is -2.27.